The number of aromatic hydroxyl groups is 1. The van der Waals surface area contributed by atoms with Gasteiger partial charge in [0.1, 0.15) is 17.4 Å². The Morgan fingerprint density at radius 2 is 1.74 bits per heavy atom. The van der Waals surface area contributed by atoms with Crippen LogP contribution in [0.1, 0.15) is 0 Å². The van der Waals surface area contributed by atoms with Gasteiger partial charge in [0.25, 0.3) is 0 Å². The van der Waals surface area contributed by atoms with Crippen molar-refractivity contribution in [3.63, 3.8) is 0 Å². The fourth-order valence-electron chi connectivity index (χ4n) is 2.12. The molecule has 1 N–H and O–H groups in total. The van der Waals surface area contributed by atoms with E-state index in [0.29, 0.717) is 16.3 Å². The second kappa shape index (κ2) is 4.31. The highest BCUT2D eigenvalue weighted by Gasteiger charge is 2.11. The first-order valence-electron chi connectivity index (χ1n) is 5.68. The molecule has 0 fully saturated rings. The molecule has 0 amide bonds. The molecule has 19 heavy (non-hydrogen) atoms. The predicted molar refractivity (Wildman–Crippen MR) is 68.8 cm³/mol. The number of aromatic nitrogens is 1. The molecule has 3 aromatic rings. The molecule has 0 aliphatic carbocycles. The minimum atomic E-state index is -0.643. The molecule has 3 rings (SSSR count). The number of halogens is 2. The van der Waals surface area contributed by atoms with Gasteiger partial charge in [-0.05, 0) is 17.7 Å². The standard InChI is InChI=1S/C15H9F2NO/c16-9-4-5-11(14(17)6-9)10-2-1-3-12-13(10)7-18-8-15(12)19/h1-8,19H. The van der Waals surface area contributed by atoms with Gasteiger partial charge in [0.05, 0.1) is 6.20 Å². The number of rotatable bonds is 1. The second-order valence-corrected chi connectivity index (χ2v) is 4.18. The van der Waals surface area contributed by atoms with Crippen molar-refractivity contribution in [3.05, 3.63) is 60.4 Å². The largest absolute Gasteiger partial charge is 0.506 e. The Bertz CT molecular complexity index is 771. The van der Waals surface area contributed by atoms with Gasteiger partial charge in [0, 0.05) is 28.6 Å². The van der Waals surface area contributed by atoms with Crippen LogP contribution in [-0.4, -0.2) is 10.1 Å². The van der Waals surface area contributed by atoms with Gasteiger partial charge in [-0.15, -0.1) is 0 Å². The summed E-state index contributed by atoms with van der Waals surface area (Å²) in [7, 11) is 0. The molecule has 0 radical (unpaired) electrons. The van der Waals surface area contributed by atoms with Crippen LogP contribution < -0.4 is 0 Å². The van der Waals surface area contributed by atoms with Gasteiger partial charge >= 0.3 is 0 Å². The molecule has 0 bridgehead atoms. The van der Waals surface area contributed by atoms with E-state index in [-0.39, 0.29) is 11.3 Å². The average Bonchev–Trinajstić information content (AvgIpc) is 2.39. The van der Waals surface area contributed by atoms with Gasteiger partial charge < -0.3 is 5.11 Å². The minimum absolute atomic E-state index is 0.0295. The zero-order chi connectivity index (χ0) is 13.4. The van der Waals surface area contributed by atoms with Crippen LogP contribution in [0.4, 0.5) is 8.78 Å². The molecular weight excluding hydrogens is 248 g/mol. The van der Waals surface area contributed by atoms with E-state index in [1.165, 1.54) is 18.3 Å². The first-order chi connectivity index (χ1) is 9.16. The van der Waals surface area contributed by atoms with Crippen molar-refractivity contribution >= 4 is 10.8 Å². The summed E-state index contributed by atoms with van der Waals surface area (Å²) in [6.07, 6.45) is 2.88. The maximum Gasteiger partial charge on any atom is 0.141 e. The Morgan fingerprint density at radius 3 is 2.53 bits per heavy atom. The van der Waals surface area contributed by atoms with Crippen molar-refractivity contribution in [3.8, 4) is 16.9 Å². The van der Waals surface area contributed by atoms with Crippen LogP contribution in [0.25, 0.3) is 21.9 Å². The lowest BCUT2D eigenvalue weighted by atomic mass is 9.99. The Kier molecular flexibility index (Phi) is 2.63. The topological polar surface area (TPSA) is 33.1 Å². The van der Waals surface area contributed by atoms with Crippen molar-refractivity contribution in [2.75, 3.05) is 0 Å². The quantitative estimate of drug-likeness (QED) is 0.717. The van der Waals surface area contributed by atoms with Crippen molar-refractivity contribution in [2.24, 2.45) is 0 Å². The van der Waals surface area contributed by atoms with E-state index in [1.807, 2.05) is 0 Å². The van der Waals surface area contributed by atoms with Crippen LogP contribution >= 0.6 is 0 Å². The monoisotopic (exact) mass is 257 g/mol. The van der Waals surface area contributed by atoms with E-state index in [1.54, 1.807) is 24.4 Å². The summed E-state index contributed by atoms with van der Waals surface area (Å²) >= 11 is 0. The van der Waals surface area contributed by atoms with E-state index in [9.17, 15) is 13.9 Å². The first-order valence-corrected chi connectivity index (χ1v) is 5.68. The smallest absolute Gasteiger partial charge is 0.141 e. The lowest BCUT2D eigenvalue weighted by Crippen LogP contribution is -1.88. The number of hydrogen-bond donors (Lipinski definition) is 1. The zero-order valence-corrected chi connectivity index (χ0v) is 9.77. The fourth-order valence-corrected chi connectivity index (χ4v) is 2.12. The average molecular weight is 257 g/mol. The molecule has 0 saturated heterocycles. The molecule has 0 saturated carbocycles. The van der Waals surface area contributed by atoms with Crippen molar-refractivity contribution < 1.29 is 13.9 Å². The lowest BCUT2D eigenvalue weighted by molar-refractivity contribution is 0.479. The maximum absolute atomic E-state index is 13.8. The molecular formula is C15H9F2NO. The number of fused-ring (bicyclic) bond motifs is 1. The maximum atomic E-state index is 13.8. The molecule has 0 unspecified atom stereocenters. The van der Waals surface area contributed by atoms with Gasteiger partial charge in [0.2, 0.25) is 0 Å². The van der Waals surface area contributed by atoms with Crippen molar-refractivity contribution in [1.82, 2.24) is 4.98 Å². The molecule has 0 spiro atoms. The van der Waals surface area contributed by atoms with E-state index < -0.39 is 11.6 Å². The van der Waals surface area contributed by atoms with Crippen molar-refractivity contribution in [1.29, 1.82) is 0 Å². The third kappa shape index (κ3) is 1.91. The molecule has 94 valence electrons. The van der Waals surface area contributed by atoms with E-state index >= 15 is 0 Å². The minimum Gasteiger partial charge on any atom is -0.506 e. The Morgan fingerprint density at radius 1 is 0.895 bits per heavy atom. The molecule has 0 aliphatic heterocycles. The number of nitrogens with zero attached hydrogens (tertiary/aromatic N) is 1. The summed E-state index contributed by atoms with van der Waals surface area (Å²) in [6, 6.07) is 8.55. The summed E-state index contributed by atoms with van der Waals surface area (Å²) in [5, 5.41) is 10.9. The Labute approximate surface area is 108 Å². The lowest BCUT2D eigenvalue weighted by Gasteiger charge is -2.08. The third-order valence-corrected chi connectivity index (χ3v) is 3.00. The first kappa shape index (κ1) is 11.6. The van der Waals surface area contributed by atoms with E-state index in [0.717, 1.165) is 6.07 Å². The molecule has 4 heteroatoms. The molecule has 2 aromatic carbocycles. The highest BCUT2D eigenvalue weighted by atomic mass is 19.1. The summed E-state index contributed by atoms with van der Waals surface area (Å²) in [5.74, 6) is -1.24. The van der Waals surface area contributed by atoms with E-state index in [2.05, 4.69) is 4.98 Å². The van der Waals surface area contributed by atoms with Gasteiger partial charge in [-0.3, -0.25) is 4.98 Å². The highest BCUT2D eigenvalue weighted by molar-refractivity contribution is 5.99. The summed E-state index contributed by atoms with van der Waals surface area (Å²) < 4.78 is 26.8. The molecule has 1 heterocycles. The fraction of sp³-hybridized carbons (Fsp3) is 0. The van der Waals surface area contributed by atoms with Crippen LogP contribution in [0, 0.1) is 11.6 Å². The predicted octanol–water partition coefficient (Wildman–Crippen LogP) is 3.89. The molecule has 0 aliphatic rings. The molecule has 1 aromatic heterocycles. The summed E-state index contributed by atoms with van der Waals surface area (Å²) in [4.78, 5) is 3.90. The van der Waals surface area contributed by atoms with Gasteiger partial charge in [0.15, 0.2) is 0 Å². The Balaban J connectivity index is 2.34. The van der Waals surface area contributed by atoms with Gasteiger partial charge in [-0.1, -0.05) is 18.2 Å². The molecule has 2 nitrogen and oxygen atoms in total. The second-order valence-electron chi connectivity index (χ2n) is 4.18. The van der Waals surface area contributed by atoms with Gasteiger partial charge in [-0.2, -0.15) is 0 Å². The van der Waals surface area contributed by atoms with Crippen molar-refractivity contribution in [2.45, 2.75) is 0 Å². The normalized spacial score (nSPS) is 10.8. The van der Waals surface area contributed by atoms with Crippen LogP contribution in [0.3, 0.4) is 0 Å². The van der Waals surface area contributed by atoms with Crippen LogP contribution in [0.5, 0.6) is 5.75 Å². The van der Waals surface area contributed by atoms with Gasteiger partial charge in [-0.25, -0.2) is 8.78 Å². The van der Waals surface area contributed by atoms with Crippen LogP contribution in [-0.2, 0) is 0 Å². The highest BCUT2D eigenvalue weighted by Crippen LogP contribution is 2.33. The zero-order valence-electron chi connectivity index (χ0n) is 9.77. The number of pyridine rings is 1. The SMILES string of the molecule is Oc1cncc2c(-c3ccc(F)cc3F)cccc12. The Hall–Kier alpha value is -2.49. The van der Waals surface area contributed by atoms with Crippen LogP contribution in [0.2, 0.25) is 0 Å². The summed E-state index contributed by atoms with van der Waals surface area (Å²) in [6.45, 7) is 0. The number of hydrogen-bond acceptors (Lipinski definition) is 2. The third-order valence-electron chi connectivity index (χ3n) is 3.00. The molecule has 0 atom stereocenters. The van der Waals surface area contributed by atoms with E-state index in [4.69, 9.17) is 0 Å². The van der Waals surface area contributed by atoms with Crippen LogP contribution in [0.15, 0.2) is 48.8 Å². The summed E-state index contributed by atoms with van der Waals surface area (Å²) in [5.41, 5.74) is 0.845. The number of benzene rings is 2.